The van der Waals surface area contributed by atoms with Gasteiger partial charge in [-0.2, -0.15) is 46.6 Å². The van der Waals surface area contributed by atoms with E-state index in [4.69, 9.17) is 4.11 Å². The van der Waals surface area contributed by atoms with Gasteiger partial charge in [0.15, 0.2) is 0 Å². The molecule has 3 heterocycles. The molecule has 0 unspecified atom stereocenters. The summed E-state index contributed by atoms with van der Waals surface area (Å²) in [4.78, 5) is 4.64. The van der Waals surface area contributed by atoms with E-state index in [2.05, 4.69) is 209 Å². The van der Waals surface area contributed by atoms with Crippen LogP contribution in [0.1, 0.15) is 9.68 Å². The number of hydrogen-bond donors (Lipinski definition) is 0. The van der Waals surface area contributed by atoms with Gasteiger partial charge in [0.2, 0.25) is 0 Å². The van der Waals surface area contributed by atoms with E-state index in [-0.39, 0.29) is 25.7 Å². The van der Waals surface area contributed by atoms with Crippen molar-refractivity contribution in [1.82, 2.24) is 24.5 Å². The Bertz CT molecular complexity index is 3750. The number of pyridine rings is 1. The van der Waals surface area contributed by atoms with Crippen LogP contribution in [-0.2, 0) is 20.1 Å². The summed E-state index contributed by atoms with van der Waals surface area (Å²) in [5, 5.41) is 8.86. The van der Waals surface area contributed by atoms with E-state index < -0.39 is 6.85 Å². The normalized spacial score (nSPS) is 11.8. The molecule has 0 aliphatic carbocycles. The molecule has 0 spiro atoms. The van der Waals surface area contributed by atoms with Crippen LogP contribution in [0.4, 0.5) is 0 Å². The van der Waals surface area contributed by atoms with Crippen molar-refractivity contribution >= 4 is 0 Å². The van der Waals surface area contributed by atoms with Gasteiger partial charge < -0.3 is 4.98 Å². The average Bonchev–Trinajstić information content (AvgIpc) is 4.22. The molecular weight excluding hydrogens is 1050 g/mol. The number of hydrogen-bond acceptors (Lipinski definition) is 3. The Balaban J connectivity index is 0.00000602. The molecule has 0 N–H and O–H groups in total. The summed E-state index contributed by atoms with van der Waals surface area (Å²) < 4.78 is 27.5. The van der Waals surface area contributed by atoms with Gasteiger partial charge in [0.05, 0.1) is 0 Å². The molecule has 5 nitrogen and oxygen atoms in total. The van der Waals surface area contributed by atoms with Gasteiger partial charge in [-0.25, -0.2) is 0 Å². The van der Waals surface area contributed by atoms with Crippen LogP contribution in [0.15, 0.2) is 249 Å². The number of aromatic nitrogens is 5. The predicted molar refractivity (Wildman–Crippen MR) is 289 cm³/mol. The van der Waals surface area contributed by atoms with E-state index in [1.165, 1.54) is 6.20 Å². The largest absolute Gasteiger partial charge is 3.00 e. The van der Waals surface area contributed by atoms with Crippen LogP contribution in [0.2, 0.25) is 0 Å². The Morgan fingerprint density at radius 1 is 0.375 bits per heavy atom. The van der Waals surface area contributed by atoms with Gasteiger partial charge >= 0.3 is 20.1 Å². The quantitative estimate of drug-likeness (QED) is 0.121. The molecule has 0 aliphatic heterocycles. The summed E-state index contributed by atoms with van der Waals surface area (Å²) in [6, 6.07) is 86.0. The Kier molecular flexibility index (Phi) is 11.9. The van der Waals surface area contributed by atoms with Gasteiger partial charge in [-0.05, 0) is 110 Å². The molecule has 0 amide bonds. The molecule has 0 atom stereocenters. The minimum atomic E-state index is -2.26. The van der Waals surface area contributed by atoms with Crippen molar-refractivity contribution in [2.24, 2.45) is 0 Å². The number of aryl methyl sites for hydroxylation is 1. The summed E-state index contributed by atoms with van der Waals surface area (Å²) in [6.45, 7) is -2.26. The molecule has 9 aromatic carbocycles. The molecule has 12 rings (SSSR count). The van der Waals surface area contributed by atoms with Crippen LogP contribution in [0, 0.1) is 25.1 Å². The fraction of sp³-hybridized carbons (Fsp3) is 0.0152. The van der Waals surface area contributed by atoms with Crippen LogP contribution < -0.4 is 0 Å². The minimum absolute atomic E-state index is 0. The molecular formula is C66H44IrN5. The smallest absolute Gasteiger partial charge is 0.304 e. The molecule has 3 aromatic heterocycles. The van der Waals surface area contributed by atoms with E-state index in [0.29, 0.717) is 5.69 Å². The second-order valence-electron chi connectivity index (χ2n) is 17.3. The molecule has 342 valence electrons. The van der Waals surface area contributed by atoms with Crippen molar-refractivity contribution in [3.63, 3.8) is 0 Å². The first-order valence-corrected chi connectivity index (χ1v) is 23.5. The molecule has 12 aromatic rings. The Hall–Kier alpha value is -8.80. The number of benzene rings is 9. The topological polar surface area (TPSA) is 48.5 Å². The van der Waals surface area contributed by atoms with Crippen LogP contribution in [0.5, 0.6) is 0 Å². The third-order valence-corrected chi connectivity index (χ3v) is 12.9. The summed E-state index contributed by atoms with van der Waals surface area (Å²) >= 11 is 0. The minimum Gasteiger partial charge on any atom is -0.304 e. The van der Waals surface area contributed by atoms with E-state index in [1.807, 2.05) is 52.1 Å². The molecule has 0 saturated carbocycles. The summed E-state index contributed by atoms with van der Waals surface area (Å²) in [7, 11) is 0. The molecule has 6 heteroatoms. The first kappa shape index (κ1) is 42.1. The van der Waals surface area contributed by atoms with E-state index >= 15 is 0 Å². The third kappa shape index (κ3) is 9.21. The zero-order chi connectivity index (χ0) is 50.0. The first-order chi connectivity index (χ1) is 36.3. The van der Waals surface area contributed by atoms with Gasteiger partial charge in [0, 0.05) is 35.1 Å². The number of rotatable bonds is 11. The fourth-order valence-corrected chi connectivity index (χ4v) is 9.44. The molecule has 0 aliphatic rings. The van der Waals surface area contributed by atoms with Gasteiger partial charge in [0.1, 0.15) is 0 Å². The van der Waals surface area contributed by atoms with Crippen LogP contribution >= 0.6 is 0 Å². The second-order valence-corrected chi connectivity index (χ2v) is 17.3. The zero-order valence-electron chi connectivity index (χ0n) is 41.7. The summed E-state index contributed by atoms with van der Waals surface area (Å²) in [6.07, 6.45) is 8.83. The second kappa shape index (κ2) is 20.3. The Morgan fingerprint density at radius 2 is 0.847 bits per heavy atom. The average molecular weight is 1100 g/mol. The fourth-order valence-electron chi connectivity index (χ4n) is 9.44. The van der Waals surface area contributed by atoms with Gasteiger partial charge in [-0.1, -0.05) is 167 Å². The van der Waals surface area contributed by atoms with Crippen molar-refractivity contribution in [2.75, 3.05) is 0 Å². The summed E-state index contributed by atoms with van der Waals surface area (Å²) in [5.74, 6) is 0. The molecule has 72 heavy (non-hydrogen) atoms. The van der Waals surface area contributed by atoms with Crippen LogP contribution in [0.25, 0.3) is 112 Å². The van der Waals surface area contributed by atoms with Crippen molar-refractivity contribution in [3.8, 4) is 112 Å². The van der Waals surface area contributed by atoms with Gasteiger partial charge in [0.25, 0.3) is 0 Å². The van der Waals surface area contributed by atoms with Crippen molar-refractivity contribution in [2.45, 2.75) is 6.85 Å². The molecule has 0 saturated heterocycles. The first-order valence-electron chi connectivity index (χ1n) is 25.0. The standard InChI is InChI=1S/C66H44N5.Ir/c1-46-21-36-66(67-45-46)52-30-35-64(65(44-52)51-24-22-48(23-25-51)47-13-3-2-4-14-47)63-20-10-9-19-62(63)55-42-53(60-17-7-5-15-58(60)49-26-31-56(32-27-49)70-39-11-37-68-70)41-54(43-55)61-18-8-6-16-59(61)50-28-33-57(34-29-50)71-40-12-38-69-71;/h2-29,31,33,35-45H,1H3;/q-3;+3/i1D3;. The summed E-state index contributed by atoms with van der Waals surface area (Å²) in [5.41, 5.74) is 20.2. The molecule has 0 radical (unpaired) electrons. The van der Waals surface area contributed by atoms with E-state index in [0.717, 1.165) is 106 Å². The maximum Gasteiger partial charge on any atom is 3.00 e. The Labute approximate surface area is 438 Å². The van der Waals surface area contributed by atoms with Crippen molar-refractivity contribution in [3.05, 3.63) is 273 Å². The molecule has 0 fully saturated rings. The maximum atomic E-state index is 7.95. The zero-order valence-corrected chi connectivity index (χ0v) is 41.1. The van der Waals surface area contributed by atoms with Gasteiger partial charge in [-0.3, -0.25) is 9.36 Å². The van der Waals surface area contributed by atoms with Crippen LogP contribution in [0.3, 0.4) is 0 Å². The number of nitrogens with zero attached hydrogens (tertiary/aromatic N) is 5. The predicted octanol–water partition coefficient (Wildman–Crippen LogP) is 16.2. The van der Waals surface area contributed by atoms with E-state index in [1.54, 1.807) is 24.5 Å². The van der Waals surface area contributed by atoms with Crippen molar-refractivity contribution < 1.29 is 24.2 Å². The van der Waals surface area contributed by atoms with Crippen molar-refractivity contribution in [1.29, 1.82) is 0 Å². The van der Waals surface area contributed by atoms with Crippen LogP contribution in [-0.4, -0.2) is 24.5 Å². The monoisotopic (exact) mass is 1100 g/mol. The third-order valence-electron chi connectivity index (χ3n) is 12.9. The van der Waals surface area contributed by atoms with Gasteiger partial charge in [-0.15, -0.1) is 47.0 Å². The molecule has 0 bridgehead atoms. The maximum absolute atomic E-state index is 7.95. The Morgan fingerprint density at radius 3 is 1.32 bits per heavy atom. The SMILES string of the molecule is [2H]C([2H])([2H])c1ccc(-c2[c-]cc(-c3ccccc3-c3cc(-c4ccccc4-c4c[c-]c(-n5cccn5)cc4)cc(-c4ccccc4-c4c[c-]c(-n5cccn5)cc4)c3)c(-c3ccc(-c4ccccc4)cc3)c2)nc1.[Ir+3]. The van der Waals surface area contributed by atoms with E-state index in [9.17, 15) is 0 Å².